The van der Waals surface area contributed by atoms with Crippen molar-refractivity contribution in [1.82, 2.24) is 5.32 Å². The van der Waals surface area contributed by atoms with Crippen molar-refractivity contribution in [2.75, 3.05) is 11.4 Å². The van der Waals surface area contributed by atoms with Gasteiger partial charge in [-0.3, -0.25) is 9.59 Å². The normalized spacial score (nSPS) is 15.5. The first kappa shape index (κ1) is 21.6. The minimum absolute atomic E-state index is 0.0520. The Morgan fingerprint density at radius 3 is 2.57 bits per heavy atom. The molecular weight excluding hydrogens is 380 g/mol. The Kier molecular flexibility index (Phi) is 7.22. The highest BCUT2D eigenvalue weighted by Crippen LogP contribution is 2.23. The number of nitrogens with one attached hydrogen (secondary N) is 1. The SMILES string of the molecule is CCC[C@@H](NC(=O)[C@@H](C)OC(=O)c1cccc(N2CCCC2=O)c1)c1ccccc1. The van der Waals surface area contributed by atoms with Gasteiger partial charge in [-0.1, -0.05) is 49.7 Å². The molecule has 1 aliphatic heterocycles. The number of ether oxygens (including phenoxy) is 1. The van der Waals surface area contributed by atoms with Crippen LogP contribution < -0.4 is 10.2 Å². The maximum atomic E-state index is 12.6. The molecule has 1 fully saturated rings. The summed E-state index contributed by atoms with van der Waals surface area (Å²) in [6.07, 6.45) is 2.10. The summed E-state index contributed by atoms with van der Waals surface area (Å²) in [7, 11) is 0. The third-order valence-electron chi connectivity index (χ3n) is 5.22. The molecule has 2 atom stereocenters. The van der Waals surface area contributed by atoms with E-state index >= 15 is 0 Å². The number of carbonyl (C=O) groups excluding carboxylic acids is 3. The van der Waals surface area contributed by atoms with Crippen molar-refractivity contribution in [3.05, 3.63) is 65.7 Å². The molecule has 0 unspecified atom stereocenters. The number of hydrogen-bond acceptors (Lipinski definition) is 4. The predicted molar refractivity (Wildman–Crippen MR) is 115 cm³/mol. The number of hydrogen-bond donors (Lipinski definition) is 1. The second-order valence-corrected chi connectivity index (χ2v) is 7.51. The lowest BCUT2D eigenvalue weighted by Crippen LogP contribution is -2.38. The van der Waals surface area contributed by atoms with Crippen molar-refractivity contribution in [1.29, 1.82) is 0 Å². The lowest BCUT2D eigenvalue weighted by atomic mass is 10.0. The fourth-order valence-electron chi connectivity index (χ4n) is 3.59. The summed E-state index contributed by atoms with van der Waals surface area (Å²) in [6.45, 7) is 4.27. The second-order valence-electron chi connectivity index (χ2n) is 7.51. The Bertz CT molecular complexity index is 897. The average Bonchev–Trinajstić information content (AvgIpc) is 3.20. The van der Waals surface area contributed by atoms with Crippen molar-refractivity contribution in [2.45, 2.75) is 51.7 Å². The summed E-state index contributed by atoms with van der Waals surface area (Å²) >= 11 is 0. The number of anilines is 1. The zero-order valence-electron chi connectivity index (χ0n) is 17.5. The maximum absolute atomic E-state index is 12.6. The molecule has 0 spiro atoms. The first-order chi connectivity index (χ1) is 14.5. The third kappa shape index (κ3) is 5.26. The molecule has 6 heteroatoms. The third-order valence-corrected chi connectivity index (χ3v) is 5.22. The van der Waals surface area contributed by atoms with E-state index in [0.717, 1.165) is 24.8 Å². The number of esters is 1. The number of benzene rings is 2. The highest BCUT2D eigenvalue weighted by Gasteiger charge is 2.25. The Morgan fingerprint density at radius 1 is 1.13 bits per heavy atom. The summed E-state index contributed by atoms with van der Waals surface area (Å²) in [5, 5.41) is 2.98. The van der Waals surface area contributed by atoms with Gasteiger partial charge in [0.15, 0.2) is 6.10 Å². The van der Waals surface area contributed by atoms with Gasteiger partial charge in [-0.25, -0.2) is 4.79 Å². The van der Waals surface area contributed by atoms with E-state index in [9.17, 15) is 14.4 Å². The minimum atomic E-state index is -0.933. The monoisotopic (exact) mass is 408 g/mol. The summed E-state index contributed by atoms with van der Waals surface area (Å²) in [6, 6.07) is 16.4. The van der Waals surface area contributed by atoms with Crippen LogP contribution in [-0.2, 0) is 14.3 Å². The van der Waals surface area contributed by atoms with Crippen LogP contribution in [0.2, 0.25) is 0 Å². The first-order valence-electron chi connectivity index (χ1n) is 10.5. The molecule has 1 heterocycles. The molecule has 1 aliphatic rings. The van der Waals surface area contributed by atoms with E-state index in [0.29, 0.717) is 24.2 Å². The van der Waals surface area contributed by atoms with Crippen molar-refractivity contribution < 1.29 is 19.1 Å². The number of nitrogens with zero attached hydrogens (tertiary/aromatic N) is 1. The van der Waals surface area contributed by atoms with Crippen LogP contribution in [0.5, 0.6) is 0 Å². The Labute approximate surface area is 177 Å². The molecule has 0 saturated carbocycles. The summed E-state index contributed by atoms with van der Waals surface area (Å²) in [4.78, 5) is 38.9. The fraction of sp³-hybridized carbons (Fsp3) is 0.375. The maximum Gasteiger partial charge on any atom is 0.338 e. The van der Waals surface area contributed by atoms with Crippen LogP contribution in [0, 0.1) is 0 Å². The smallest absolute Gasteiger partial charge is 0.338 e. The van der Waals surface area contributed by atoms with Gasteiger partial charge in [-0.05, 0) is 43.5 Å². The first-order valence-corrected chi connectivity index (χ1v) is 10.5. The van der Waals surface area contributed by atoms with E-state index in [1.165, 1.54) is 0 Å². The molecule has 3 rings (SSSR count). The van der Waals surface area contributed by atoms with Crippen LogP contribution >= 0.6 is 0 Å². The molecule has 30 heavy (non-hydrogen) atoms. The lowest BCUT2D eigenvalue weighted by Gasteiger charge is -2.21. The molecule has 2 aromatic carbocycles. The van der Waals surface area contributed by atoms with Crippen LogP contribution in [0.15, 0.2) is 54.6 Å². The second kappa shape index (κ2) is 10.1. The van der Waals surface area contributed by atoms with Crippen molar-refractivity contribution in [2.24, 2.45) is 0 Å². The van der Waals surface area contributed by atoms with E-state index in [4.69, 9.17) is 4.74 Å². The molecule has 158 valence electrons. The summed E-state index contributed by atoms with van der Waals surface area (Å²) in [5.74, 6) is -0.870. The van der Waals surface area contributed by atoms with E-state index < -0.39 is 12.1 Å². The Balaban J connectivity index is 1.63. The Morgan fingerprint density at radius 2 is 1.90 bits per heavy atom. The summed E-state index contributed by atoms with van der Waals surface area (Å²) in [5.41, 5.74) is 2.02. The van der Waals surface area contributed by atoms with E-state index in [-0.39, 0.29) is 17.9 Å². The minimum Gasteiger partial charge on any atom is -0.449 e. The summed E-state index contributed by atoms with van der Waals surface area (Å²) < 4.78 is 5.40. The van der Waals surface area contributed by atoms with Crippen LogP contribution in [0.4, 0.5) is 5.69 Å². The molecule has 2 amide bonds. The van der Waals surface area contributed by atoms with Gasteiger partial charge in [0.25, 0.3) is 5.91 Å². The van der Waals surface area contributed by atoms with Gasteiger partial charge in [-0.15, -0.1) is 0 Å². The average molecular weight is 408 g/mol. The van der Waals surface area contributed by atoms with Crippen LogP contribution in [0.3, 0.4) is 0 Å². The molecule has 1 N–H and O–H groups in total. The highest BCUT2D eigenvalue weighted by atomic mass is 16.5. The molecule has 6 nitrogen and oxygen atoms in total. The van der Waals surface area contributed by atoms with Gasteiger partial charge < -0.3 is 15.0 Å². The van der Waals surface area contributed by atoms with Gasteiger partial charge in [0, 0.05) is 18.7 Å². The van der Waals surface area contributed by atoms with Gasteiger partial charge in [0.05, 0.1) is 11.6 Å². The highest BCUT2D eigenvalue weighted by molar-refractivity contribution is 5.98. The van der Waals surface area contributed by atoms with Crippen molar-refractivity contribution >= 4 is 23.5 Å². The lowest BCUT2D eigenvalue weighted by molar-refractivity contribution is -0.130. The van der Waals surface area contributed by atoms with Gasteiger partial charge in [0.2, 0.25) is 5.91 Å². The van der Waals surface area contributed by atoms with Crippen LogP contribution in [0.1, 0.15) is 61.5 Å². The van der Waals surface area contributed by atoms with E-state index in [1.807, 2.05) is 30.3 Å². The van der Waals surface area contributed by atoms with Crippen molar-refractivity contribution in [3.8, 4) is 0 Å². The number of carbonyl (C=O) groups is 3. The molecule has 0 radical (unpaired) electrons. The molecule has 2 aromatic rings. The molecular formula is C24H28N2O4. The zero-order chi connectivity index (χ0) is 21.5. The fourth-order valence-corrected chi connectivity index (χ4v) is 3.59. The largest absolute Gasteiger partial charge is 0.449 e. The van der Waals surface area contributed by atoms with Gasteiger partial charge in [-0.2, -0.15) is 0 Å². The zero-order valence-corrected chi connectivity index (χ0v) is 17.5. The topological polar surface area (TPSA) is 75.7 Å². The molecule has 0 aromatic heterocycles. The van der Waals surface area contributed by atoms with Gasteiger partial charge >= 0.3 is 5.97 Å². The van der Waals surface area contributed by atoms with Crippen LogP contribution in [0.25, 0.3) is 0 Å². The predicted octanol–water partition coefficient (Wildman–Crippen LogP) is 4.02. The molecule has 0 bridgehead atoms. The van der Waals surface area contributed by atoms with E-state index in [2.05, 4.69) is 12.2 Å². The molecule has 0 aliphatic carbocycles. The van der Waals surface area contributed by atoms with Crippen LogP contribution in [-0.4, -0.2) is 30.4 Å². The number of rotatable bonds is 8. The Hall–Kier alpha value is -3.15. The standard InChI is InChI=1S/C24H28N2O4/c1-3-9-21(18-10-5-4-6-11-18)25-23(28)17(2)30-24(29)19-12-7-13-20(16-19)26-15-8-14-22(26)27/h4-7,10-13,16-17,21H,3,8-9,14-15H2,1-2H3,(H,25,28)/t17-,21-/m1/s1. The van der Waals surface area contributed by atoms with E-state index in [1.54, 1.807) is 36.1 Å². The van der Waals surface area contributed by atoms with Crippen molar-refractivity contribution in [3.63, 3.8) is 0 Å². The molecule has 1 saturated heterocycles. The van der Waals surface area contributed by atoms with Gasteiger partial charge in [0.1, 0.15) is 0 Å². The number of amides is 2. The quantitative estimate of drug-likeness (QED) is 0.670.